The molecule has 0 aromatic heterocycles. The summed E-state index contributed by atoms with van der Waals surface area (Å²) >= 11 is 0. The molecule has 0 radical (unpaired) electrons. The van der Waals surface area contributed by atoms with Crippen molar-refractivity contribution >= 4 is 5.91 Å². The van der Waals surface area contributed by atoms with Crippen molar-refractivity contribution in [1.82, 2.24) is 5.32 Å². The number of rotatable bonds is 5. The molecular formula is C14H22N2O. The molecule has 0 saturated heterocycles. The van der Waals surface area contributed by atoms with Crippen molar-refractivity contribution in [2.24, 2.45) is 5.73 Å². The van der Waals surface area contributed by atoms with Gasteiger partial charge < -0.3 is 11.1 Å². The highest BCUT2D eigenvalue weighted by Gasteiger charge is 2.16. The maximum atomic E-state index is 11.7. The minimum absolute atomic E-state index is 0.0562. The van der Waals surface area contributed by atoms with Crippen LogP contribution in [0.4, 0.5) is 0 Å². The van der Waals surface area contributed by atoms with Crippen LogP contribution in [0.1, 0.15) is 43.9 Å². The van der Waals surface area contributed by atoms with Gasteiger partial charge in [-0.2, -0.15) is 0 Å². The van der Waals surface area contributed by atoms with Crippen molar-refractivity contribution in [2.75, 3.05) is 0 Å². The first-order valence-corrected chi connectivity index (χ1v) is 6.21. The largest absolute Gasteiger partial charge is 0.348 e. The Bertz CT molecular complexity index is 359. The first kappa shape index (κ1) is 13.7. The first-order valence-electron chi connectivity index (χ1n) is 6.21. The first-order chi connectivity index (χ1) is 8.08. The van der Waals surface area contributed by atoms with E-state index in [0.29, 0.717) is 6.42 Å². The lowest BCUT2D eigenvalue weighted by molar-refractivity contribution is -0.123. The van der Waals surface area contributed by atoms with E-state index in [0.717, 1.165) is 12.0 Å². The molecule has 0 spiro atoms. The molecular weight excluding hydrogens is 212 g/mol. The third kappa shape index (κ3) is 3.86. The highest BCUT2D eigenvalue weighted by molar-refractivity contribution is 5.81. The van der Waals surface area contributed by atoms with E-state index in [9.17, 15) is 4.79 Å². The summed E-state index contributed by atoms with van der Waals surface area (Å²) in [6.07, 6.45) is 1.53. The smallest absolute Gasteiger partial charge is 0.237 e. The summed E-state index contributed by atoms with van der Waals surface area (Å²) in [7, 11) is 0. The molecule has 0 bridgehead atoms. The van der Waals surface area contributed by atoms with Gasteiger partial charge in [-0.05, 0) is 25.3 Å². The molecule has 3 N–H and O–H groups in total. The van der Waals surface area contributed by atoms with Crippen LogP contribution in [0, 0.1) is 6.92 Å². The van der Waals surface area contributed by atoms with E-state index in [4.69, 9.17) is 5.73 Å². The Labute approximate surface area is 103 Å². The summed E-state index contributed by atoms with van der Waals surface area (Å²) in [4.78, 5) is 11.7. The molecule has 1 aromatic rings. The average Bonchev–Trinajstić information content (AvgIpc) is 2.35. The molecule has 0 aliphatic rings. The summed E-state index contributed by atoms with van der Waals surface area (Å²) < 4.78 is 0. The molecule has 1 aromatic carbocycles. The van der Waals surface area contributed by atoms with Crippen LogP contribution < -0.4 is 11.1 Å². The molecule has 2 unspecified atom stereocenters. The summed E-state index contributed by atoms with van der Waals surface area (Å²) in [5.74, 6) is -0.0695. The van der Waals surface area contributed by atoms with Crippen molar-refractivity contribution < 1.29 is 4.79 Å². The van der Waals surface area contributed by atoms with Crippen LogP contribution in [0.2, 0.25) is 0 Å². The zero-order chi connectivity index (χ0) is 12.8. The molecule has 0 aliphatic carbocycles. The summed E-state index contributed by atoms with van der Waals surface area (Å²) in [6, 6.07) is 7.88. The average molecular weight is 234 g/mol. The van der Waals surface area contributed by atoms with Crippen LogP contribution in [0.15, 0.2) is 24.3 Å². The number of carbonyl (C=O) groups is 1. The number of aryl methyl sites for hydroxylation is 1. The standard InChI is InChI=1S/C14H22N2O/c1-4-12(15)14(17)16-13(5-2)11-8-6-10(3)7-9-11/h6-9,12-13H,4-5,15H2,1-3H3,(H,16,17). The maximum absolute atomic E-state index is 11.7. The number of nitrogens with one attached hydrogen (secondary N) is 1. The molecule has 1 rings (SSSR count). The van der Waals surface area contributed by atoms with Gasteiger partial charge in [0, 0.05) is 0 Å². The van der Waals surface area contributed by atoms with Crippen molar-refractivity contribution in [3.05, 3.63) is 35.4 Å². The molecule has 0 saturated carbocycles. The molecule has 0 fully saturated rings. The number of nitrogens with two attached hydrogens (primary N) is 1. The topological polar surface area (TPSA) is 55.1 Å². The van der Waals surface area contributed by atoms with Gasteiger partial charge in [-0.15, -0.1) is 0 Å². The lowest BCUT2D eigenvalue weighted by Gasteiger charge is -2.19. The van der Waals surface area contributed by atoms with Gasteiger partial charge in [0.05, 0.1) is 12.1 Å². The molecule has 17 heavy (non-hydrogen) atoms. The lowest BCUT2D eigenvalue weighted by Crippen LogP contribution is -2.41. The fraction of sp³-hybridized carbons (Fsp3) is 0.500. The third-order valence-corrected chi connectivity index (χ3v) is 2.98. The SMILES string of the molecule is CCC(N)C(=O)NC(CC)c1ccc(C)cc1. The van der Waals surface area contributed by atoms with Crippen molar-refractivity contribution in [3.8, 4) is 0 Å². The fourth-order valence-corrected chi connectivity index (χ4v) is 1.68. The minimum Gasteiger partial charge on any atom is -0.348 e. The highest BCUT2D eigenvalue weighted by Crippen LogP contribution is 2.17. The Kier molecular flexibility index (Phi) is 5.16. The molecule has 2 atom stereocenters. The van der Waals surface area contributed by atoms with E-state index in [1.807, 2.05) is 6.92 Å². The zero-order valence-electron chi connectivity index (χ0n) is 10.9. The number of carbonyl (C=O) groups excluding carboxylic acids is 1. The minimum atomic E-state index is -0.408. The van der Waals surface area contributed by atoms with E-state index < -0.39 is 6.04 Å². The molecule has 3 heteroatoms. The van der Waals surface area contributed by atoms with Crippen LogP contribution in [0.5, 0.6) is 0 Å². The van der Waals surface area contributed by atoms with Crippen LogP contribution in [-0.2, 0) is 4.79 Å². The molecule has 94 valence electrons. The van der Waals surface area contributed by atoms with E-state index in [2.05, 4.69) is 43.4 Å². The Hall–Kier alpha value is -1.35. The zero-order valence-corrected chi connectivity index (χ0v) is 10.9. The second-order valence-corrected chi connectivity index (χ2v) is 4.39. The van der Waals surface area contributed by atoms with Gasteiger partial charge in [-0.3, -0.25) is 4.79 Å². The van der Waals surface area contributed by atoms with E-state index in [-0.39, 0.29) is 11.9 Å². The Morgan fingerprint density at radius 1 is 1.24 bits per heavy atom. The molecule has 0 aliphatic heterocycles. The summed E-state index contributed by atoms with van der Waals surface area (Å²) in [6.45, 7) is 6.02. The number of hydrogen-bond acceptors (Lipinski definition) is 2. The van der Waals surface area contributed by atoms with Crippen LogP contribution in [0.3, 0.4) is 0 Å². The summed E-state index contributed by atoms with van der Waals surface area (Å²) in [5, 5.41) is 2.99. The Morgan fingerprint density at radius 2 is 1.82 bits per heavy atom. The van der Waals surface area contributed by atoms with Gasteiger partial charge >= 0.3 is 0 Å². The van der Waals surface area contributed by atoms with Crippen LogP contribution >= 0.6 is 0 Å². The summed E-state index contributed by atoms with van der Waals surface area (Å²) in [5.41, 5.74) is 8.07. The normalized spacial score (nSPS) is 14.1. The molecule has 3 nitrogen and oxygen atoms in total. The van der Waals surface area contributed by atoms with Crippen LogP contribution in [0.25, 0.3) is 0 Å². The molecule has 0 heterocycles. The number of amides is 1. The van der Waals surface area contributed by atoms with E-state index in [1.165, 1.54) is 5.56 Å². The number of hydrogen-bond donors (Lipinski definition) is 2. The van der Waals surface area contributed by atoms with E-state index >= 15 is 0 Å². The van der Waals surface area contributed by atoms with Gasteiger partial charge in [0.25, 0.3) is 0 Å². The number of benzene rings is 1. The monoisotopic (exact) mass is 234 g/mol. The van der Waals surface area contributed by atoms with Gasteiger partial charge in [0.2, 0.25) is 5.91 Å². The van der Waals surface area contributed by atoms with Gasteiger partial charge in [0.1, 0.15) is 0 Å². The second-order valence-electron chi connectivity index (χ2n) is 4.39. The van der Waals surface area contributed by atoms with Gasteiger partial charge in [-0.25, -0.2) is 0 Å². The Morgan fingerprint density at radius 3 is 2.29 bits per heavy atom. The highest BCUT2D eigenvalue weighted by atomic mass is 16.2. The van der Waals surface area contributed by atoms with Crippen LogP contribution in [-0.4, -0.2) is 11.9 Å². The Balaban J connectivity index is 2.72. The van der Waals surface area contributed by atoms with E-state index in [1.54, 1.807) is 0 Å². The predicted octanol–water partition coefficient (Wildman–Crippen LogP) is 2.30. The fourth-order valence-electron chi connectivity index (χ4n) is 1.68. The second kappa shape index (κ2) is 6.40. The lowest BCUT2D eigenvalue weighted by atomic mass is 10.0. The quantitative estimate of drug-likeness (QED) is 0.821. The van der Waals surface area contributed by atoms with Crippen molar-refractivity contribution in [1.29, 1.82) is 0 Å². The molecule has 1 amide bonds. The van der Waals surface area contributed by atoms with Gasteiger partial charge in [0.15, 0.2) is 0 Å². The predicted molar refractivity (Wildman–Crippen MR) is 70.6 cm³/mol. The van der Waals surface area contributed by atoms with Gasteiger partial charge in [-0.1, -0.05) is 43.7 Å². The maximum Gasteiger partial charge on any atom is 0.237 e. The van der Waals surface area contributed by atoms with Crippen molar-refractivity contribution in [3.63, 3.8) is 0 Å². The van der Waals surface area contributed by atoms with Crippen molar-refractivity contribution in [2.45, 2.75) is 45.7 Å². The third-order valence-electron chi connectivity index (χ3n) is 2.98.